The number of hydrogen-bond donors (Lipinski definition) is 1. The van der Waals surface area contributed by atoms with Crippen LogP contribution in [0.25, 0.3) is 0 Å². The Balaban J connectivity index is 2.08. The SMILES string of the molecule is O=C(NCC1(CBr)CC1)c1cc(Br)cc([N+](=O)[O-])c1. The molecule has 2 rings (SSSR count). The molecule has 102 valence electrons. The van der Waals surface area contributed by atoms with E-state index in [1.54, 1.807) is 6.07 Å². The molecule has 0 unspecified atom stereocenters. The molecule has 0 atom stereocenters. The summed E-state index contributed by atoms with van der Waals surface area (Å²) in [5.74, 6) is -0.281. The highest BCUT2D eigenvalue weighted by atomic mass is 79.9. The Labute approximate surface area is 127 Å². The van der Waals surface area contributed by atoms with Gasteiger partial charge in [0.1, 0.15) is 0 Å². The lowest BCUT2D eigenvalue weighted by Crippen LogP contribution is -2.30. The summed E-state index contributed by atoms with van der Waals surface area (Å²) in [7, 11) is 0. The maximum absolute atomic E-state index is 12.0. The molecule has 0 heterocycles. The number of halogens is 2. The number of amides is 1. The average Bonchev–Trinajstić information content (AvgIpc) is 3.16. The summed E-state index contributed by atoms with van der Waals surface area (Å²) in [6, 6.07) is 4.24. The lowest BCUT2D eigenvalue weighted by atomic mass is 10.1. The van der Waals surface area contributed by atoms with E-state index in [2.05, 4.69) is 37.2 Å². The lowest BCUT2D eigenvalue weighted by molar-refractivity contribution is -0.385. The standard InChI is InChI=1S/C12H12Br2N2O3/c13-6-12(1-2-12)7-15-11(17)8-3-9(14)5-10(4-8)16(18)19/h3-5H,1-2,6-7H2,(H,15,17). The summed E-state index contributed by atoms with van der Waals surface area (Å²) >= 11 is 6.61. The summed E-state index contributed by atoms with van der Waals surface area (Å²) in [5, 5.41) is 14.4. The number of carbonyl (C=O) groups excluding carboxylic acids is 1. The molecule has 1 aromatic carbocycles. The van der Waals surface area contributed by atoms with Gasteiger partial charge >= 0.3 is 0 Å². The first kappa shape index (κ1) is 14.5. The molecule has 1 aliphatic carbocycles. The third kappa shape index (κ3) is 3.54. The Hall–Kier alpha value is -0.950. The van der Waals surface area contributed by atoms with Gasteiger partial charge < -0.3 is 5.32 Å². The topological polar surface area (TPSA) is 72.2 Å². The van der Waals surface area contributed by atoms with Gasteiger partial charge in [0, 0.05) is 34.0 Å². The van der Waals surface area contributed by atoms with Gasteiger partial charge in [0.05, 0.1) is 4.92 Å². The second kappa shape index (κ2) is 5.58. The monoisotopic (exact) mass is 390 g/mol. The zero-order valence-electron chi connectivity index (χ0n) is 9.99. The first-order valence-electron chi connectivity index (χ1n) is 5.75. The van der Waals surface area contributed by atoms with Gasteiger partial charge in [-0.15, -0.1) is 0 Å². The van der Waals surface area contributed by atoms with Crippen molar-refractivity contribution in [3.8, 4) is 0 Å². The second-order valence-electron chi connectivity index (χ2n) is 4.77. The minimum atomic E-state index is -0.512. The van der Waals surface area contributed by atoms with Crippen molar-refractivity contribution < 1.29 is 9.72 Å². The van der Waals surface area contributed by atoms with Crippen LogP contribution in [0, 0.1) is 15.5 Å². The number of nitro groups is 1. The molecule has 0 radical (unpaired) electrons. The molecule has 1 aliphatic rings. The minimum Gasteiger partial charge on any atom is -0.351 e. The highest BCUT2D eigenvalue weighted by Crippen LogP contribution is 2.46. The molecule has 0 aliphatic heterocycles. The van der Waals surface area contributed by atoms with E-state index in [1.807, 2.05) is 0 Å². The number of nitrogens with one attached hydrogen (secondary N) is 1. The van der Waals surface area contributed by atoms with E-state index >= 15 is 0 Å². The van der Waals surface area contributed by atoms with Crippen LogP contribution in [0.3, 0.4) is 0 Å². The fourth-order valence-corrected chi connectivity index (χ4v) is 2.96. The number of carbonyl (C=O) groups is 1. The second-order valence-corrected chi connectivity index (χ2v) is 6.25. The molecular weight excluding hydrogens is 380 g/mol. The maximum atomic E-state index is 12.0. The third-order valence-corrected chi connectivity index (χ3v) is 4.87. The Morgan fingerprint density at radius 3 is 2.63 bits per heavy atom. The van der Waals surface area contributed by atoms with Crippen LogP contribution in [0.15, 0.2) is 22.7 Å². The predicted octanol–water partition coefficient (Wildman–Crippen LogP) is 3.26. The summed E-state index contributed by atoms with van der Waals surface area (Å²) < 4.78 is 0.522. The molecular formula is C12H12Br2N2O3. The molecule has 1 N–H and O–H groups in total. The van der Waals surface area contributed by atoms with Gasteiger partial charge in [-0.3, -0.25) is 14.9 Å². The Morgan fingerprint density at radius 2 is 2.11 bits per heavy atom. The van der Waals surface area contributed by atoms with Crippen LogP contribution in [0.1, 0.15) is 23.2 Å². The van der Waals surface area contributed by atoms with Gasteiger partial charge in [0.2, 0.25) is 0 Å². The number of non-ortho nitro benzene ring substituents is 1. The summed E-state index contributed by atoms with van der Waals surface area (Å²) in [6.45, 7) is 0.595. The van der Waals surface area contributed by atoms with Crippen LogP contribution in [-0.2, 0) is 0 Å². The van der Waals surface area contributed by atoms with Gasteiger partial charge in [-0.05, 0) is 24.3 Å². The molecule has 1 fully saturated rings. The molecule has 1 saturated carbocycles. The number of nitrogens with zero attached hydrogens (tertiary/aromatic N) is 1. The van der Waals surface area contributed by atoms with Crippen molar-refractivity contribution in [2.24, 2.45) is 5.41 Å². The molecule has 7 heteroatoms. The molecule has 0 saturated heterocycles. The van der Waals surface area contributed by atoms with Crippen molar-refractivity contribution in [2.45, 2.75) is 12.8 Å². The van der Waals surface area contributed by atoms with Crippen molar-refractivity contribution in [3.05, 3.63) is 38.3 Å². The molecule has 1 aromatic rings. The fraction of sp³-hybridized carbons (Fsp3) is 0.417. The quantitative estimate of drug-likeness (QED) is 0.475. The smallest absolute Gasteiger partial charge is 0.271 e. The van der Waals surface area contributed by atoms with Crippen LogP contribution in [0.4, 0.5) is 5.69 Å². The van der Waals surface area contributed by atoms with Crippen molar-refractivity contribution in [1.82, 2.24) is 5.32 Å². The largest absolute Gasteiger partial charge is 0.351 e. The van der Waals surface area contributed by atoms with Crippen LogP contribution in [-0.4, -0.2) is 22.7 Å². The van der Waals surface area contributed by atoms with E-state index in [0.29, 0.717) is 16.6 Å². The summed E-state index contributed by atoms with van der Waals surface area (Å²) in [4.78, 5) is 22.2. The van der Waals surface area contributed by atoms with Crippen molar-refractivity contribution >= 4 is 43.5 Å². The number of alkyl halides is 1. The van der Waals surface area contributed by atoms with E-state index in [-0.39, 0.29) is 17.0 Å². The lowest BCUT2D eigenvalue weighted by Gasteiger charge is -2.12. The molecule has 0 aromatic heterocycles. The average molecular weight is 392 g/mol. The van der Waals surface area contributed by atoms with E-state index in [9.17, 15) is 14.9 Å². The number of nitro benzene ring substituents is 1. The van der Waals surface area contributed by atoms with Crippen LogP contribution < -0.4 is 5.32 Å². The van der Waals surface area contributed by atoms with Gasteiger partial charge in [-0.1, -0.05) is 31.9 Å². The summed E-state index contributed by atoms with van der Waals surface area (Å²) in [6.07, 6.45) is 2.19. The zero-order chi connectivity index (χ0) is 14.0. The van der Waals surface area contributed by atoms with Gasteiger partial charge in [0.25, 0.3) is 11.6 Å². The highest BCUT2D eigenvalue weighted by Gasteiger charge is 2.41. The Morgan fingerprint density at radius 1 is 1.42 bits per heavy atom. The number of rotatable bonds is 5. The van der Waals surface area contributed by atoms with E-state index < -0.39 is 4.92 Å². The van der Waals surface area contributed by atoms with E-state index in [0.717, 1.165) is 18.2 Å². The maximum Gasteiger partial charge on any atom is 0.271 e. The van der Waals surface area contributed by atoms with Crippen molar-refractivity contribution in [1.29, 1.82) is 0 Å². The molecule has 5 nitrogen and oxygen atoms in total. The Bertz CT molecular complexity index is 530. The third-order valence-electron chi connectivity index (χ3n) is 3.22. The molecule has 0 spiro atoms. The van der Waals surface area contributed by atoms with Gasteiger partial charge in [-0.25, -0.2) is 0 Å². The normalized spacial score (nSPS) is 15.9. The van der Waals surface area contributed by atoms with Gasteiger partial charge in [0.15, 0.2) is 0 Å². The molecule has 19 heavy (non-hydrogen) atoms. The van der Waals surface area contributed by atoms with Crippen LogP contribution in [0.2, 0.25) is 0 Å². The van der Waals surface area contributed by atoms with Crippen LogP contribution >= 0.6 is 31.9 Å². The first-order valence-corrected chi connectivity index (χ1v) is 7.66. The Kier molecular flexibility index (Phi) is 4.25. The summed E-state index contributed by atoms with van der Waals surface area (Å²) in [5.41, 5.74) is 0.376. The zero-order valence-corrected chi connectivity index (χ0v) is 13.2. The van der Waals surface area contributed by atoms with Crippen molar-refractivity contribution in [2.75, 3.05) is 11.9 Å². The fourth-order valence-electron chi connectivity index (χ4n) is 1.71. The predicted molar refractivity (Wildman–Crippen MR) is 78.6 cm³/mol. The molecule has 1 amide bonds. The number of hydrogen-bond acceptors (Lipinski definition) is 3. The van der Waals surface area contributed by atoms with Crippen molar-refractivity contribution in [3.63, 3.8) is 0 Å². The van der Waals surface area contributed by atoms with Crippen LogP contribution in [0.5, 0.6) is 0 Å². The first-order chi connectivity index (χ1) is 8.96. The highest BCUT2D eigenvalue weighted by molar-refractivity contribution is 9.10. The van der Waals surface area contributed by atoms with Gasteiger partial charge in [-0.2, -0.15) is 0 Å². The number of benzene rings is 1. The van der Waals surface area contributed by atoms with E-state index in [4.69, 9.17) is 0 Å². The minimum absolute atomic E-state index is 0.0962. The van der Waals surface area contributed by atoms with E-state index in [1.165, 1.54) is 12.1 Å². The molecule has 0 bridgehead atoms.